The predicted octanol–water partition coefficient (Wildman–Crippen LogP) is 0.366. The number of pyridine rings is 1. The molecule has 17 heavy (non-hydrogen) atoms. The summed E-state index contributed by atoms with van der Waals surface area (Å²) in [4.78, 5) is 3.56. The van der Waals surface area contributed by atoms with Gasteiger partial charge in [-0.3, -0.25) is 0 Å². The summed E-state index contributed by atoms with van der Waals surface area (Å²) in [6.45, 7) is 1.69. The van der Waals surface area contributed by atoms with E-state index in [9.17, 15) is 17.9 Å². The molecular weight excluding hydrogens is 247 g/mol. The van der Waals surface area contributed by atoms with Crippen LogP contribution in [0.4, 0.5) is 4.39 Å². The zero-order chi connectivity index (χ0) is 12.7. The van der Waals surface area contributed by atoms with E-state index in [0.717, 1.165) is 10.4 Å². The van der Waals surface area contributed by atoms with Crippen molar-refractivity contribution >= 4 is 10.0 Å². The van der Waals surface area contributed by atoms with Crippen LogP contribution in [0.25, 0.3) is 0 Å². The Balaban J connectivity index is 2.36. The highest BCUT2D eigenvalue weighted by molar-refractivity contribution is 7.89. The minimum atomic E-state index is -3.95. The van der Waals surface area contributed by atoms with Crippen LogP contribution in [0.5, 0.6) is 0 Å². The lowest BCUT2D eigenvalue weighted by molar-refractivity contribution is 0.0762. The summed E-state index contributed by atoms with van der Waals surface area (Å²) in [5, 5.41) is 9.14. The van der Waals surface area contributed by atoms with E-state index in [1.165, 1.54) is 12.3 Å². The molecule has 0 radical (unpaired) electrons. The van der Waals surface area contributed by atoms with Crippen LogP contribution in [0.1, 0.15) is 13.3 Å². The third kappa shape index (κ3) is 2.31. The predicted molar refractivity (Wildman–Crippen MR) is 58.2 cm³/mol. The number of halogens is 1. The van der Waals surface area contributed by atoms with Crippen molar-refractivity contribution in [3.05, 3.63) is 24.1 Å². The lowest BCUT2D eigenvalue weighted by Gasteiger charge is -2.18. The standard InChI is InChI=1S/C10H13FN2O3S/c1-10(14)4-6-13(7-10)17(15,16)9-8(11)3-2-5-12-9/h2-3,5,14H,4,6-7H2,1H3. The molecule has 2 heterocycles. The number of aliphatic hydroxyl groups is 1. The van der Waals surface area contributed by atoms with E-state index in [-0.39, 0.29) is 13.1 Å². The van der Waals surface area contributed by atoms with Crippen molar-refractivity contribution < 1.29 is 17.9 Å². The first-order chi connectivity index (χ1) is 7.83. The van der Waals surface area contributed by atoms with Gasteiger partial charge in [-0.2, -0.15) is 4.31 Å². The van der Waals surface area contributed by atoms with Gasteiger partial charge in [0.05, 0.1) is 5.60 Å². The first-order valence-electron chi connectivity index (χ1n) is 5.16. The van der Waals surface area contributed by atoms with Crippen molar-refractivity contribution in [2.45, 2.75) is 24.0 Å². The van der Waals surface area contributed by atoms with Crippen molar-refractivity contribution in [2.24, 2.45) is 0 Å². The normalized spacial score (nSPS) is 26.3. The number of sulfonamides is 1. The number of aromatic nitrogens is 1. The Labute approximate surface area is 99.0 Å². The fraction of sp³-hybridized carbons (Fsp3) is 0.500. The SMILES string of the molecule is CC1(O)CCN(S(=O)(=O)c2ncccc2F)C1. The molecule has 0 bridgehead atoms. The van der Waals surface area contributed by atoms with Gasteiger partial charge in [-0.1, -0.05) is 0 Å². The molecule has 2 rings (SSSR count). The van der Waals surface area contributed by atoms with Crippen LogP contribution in [0.2, 0.25) is 0 Å². The Morgan fingerprint density at radius 3 is 2.82 bits per heavy atom. The first kappa shape index (κ1) is 12.4. The second kappa shape index (κ2) is 4.01. The summed E-state index contributed by atoms with van der Waals surface area (Å²) in [6.07, 6.45) is 1.56. The molecule has 0 spiro atoms. The summed E-state index contributed by atoms with van der Waals surface area (Å²) in [5.74, 6) is -0.876. The second-order valence-corrected chi connectivity index (χ2v) is 6.23. The molecule has 1 aromatic rings. The average Bonchev–Trinajstić information content (AvgIpc) is 2.60. The number of hydrogen-bond donors (Lipinski definition) is 1. The van der Waals surface area contributed by atoms with Gasteiger partial charge in [0.15, 0.2) is 5.82 Å². The molecule has 0 amide bonds. The largest absolute Gasteiger partial charge is 0.389 e. The van der Waals surface area contributed by atoms with E-state index in [2.05, 4.69) is 4.98 Å². The molecule has 0 saturated carbocycles. The number of rotatable bonds is 2. The summed E-state index contributed by atoms with van der Waals surface area (Å²) >= 11 is 0. The summed E-state index contributed by atoms with van der Waals surface area (Å²) in [7, 11) is -3.95. The lowest BCUT2D eigenvalue weighted by atomic mass is 10.1. The minimum Gasteiger partial charge on any atom is -0.389 e. The fourth-order valence-corrected chi connectivity index (χ4v) is 3.32. The number of hydrogen-bond acceptors (Lipinski definition) is 4. The van der Waals surface area contributed by atoms with E-state index in [1.54, 1.807) is 6.92 Å². The molecule has 1 fully saturated rings. The van der Waals surface area contributed by atoms with Gasteiger partial charge in [-0.25, -0.2) is 17.8 Å². The Morgan fingerprint density at radius 1 is 1.59 bits per heavy atom. The maximum Gasteiger partial charge on any atom is 0.263 e. The maximum absolute atomic E-state index is 13.4. The lowest BCUT2D eigenvalue weighted by Crippen LogP contribution is -2.34. The Morgan fingerprint density at radius 2 is 2.29 bits per heavy atom. The fourth-order valence-electron chi connectivity index (χ4n) is 1.79. The van der Waals surface area contributed by atoms with Crippen molar-refractivity contribution in [3.63, 3.8) is 0 Å². The van der Waals surface area contributed by atoms with E-state index in [4.69, 9.17) is 0 Å². The third-order valence-corrected chi connectivity index (χ3v) is 4.51. The van der Waals surface area contributed by atoms with E-state index in [0.29, 0.717) is 6.42 Å². The van der Waals surface area contributed by atoms with Crippen LogP contribution >= 0.6 is 0 Å². The molecule has 94 valence electrons. The van der Waals surface area contributed by atoms with Gasteiger partial charge in [0, 0.05) is 19.3 Å². The first-order valence-corrected chi connectivity index (χ1v) is 6.60. The van der Waals surface area contributed by atoms with Crippen molar-refractivity contribution in [1.82, 2.24) is 9.29 Å². The van der Waals surface area contributed by atoms with Gasteiger partial charge >= 0.3 is 0 Å². The molecule has 1 aliphatic rings. The topological polar surface area (TPSA) is 70.5 Å². The quantitative estimate of drug-likeness (QED) is 0.834. The van der Waals surface area contributed by atoms with Gasteiger partial charge in [0.2, 0.25) is 5.03 Å². The van der Waals surface area contributed by atoms with Crippen molar-refractivity contribution in [1.29, 1.82) is 0 Å². The molecule has 1 N–H and O–H groups in total. The smallest absolute Gasteiger partial charge is 0.263 e. The molecule has 7 heteroatoms. The van der Waals surface area contributed by atoms with Crippen LogP contribution in [-0.2, 0) is 10.0 Å². The zero-order valence-corrected chi connectivity index (χ0v) is 10.1. The zero-order valence-electron chi connectivity index (χ0n) is 9.30. The Kier molecular flexibility index (Phi) is 2.92. The maximum atomic E-state index is 13.4. The summed E-state index contributed by atoms with van der Waals surface area (Å²) in [5.41, 5.74) is -1.06. The van der Waals surface area contributed by atoms with E-state index < -0.39 is 26.5 Å². The van der Waals surface area contributed by atoms with Gasteiger partial charge in [0.1, 0.15) is 0 Å². The van der Waals surface area contributed by atoms with E-state index >= 15 is 0 Å². The molecular formula is C10H13FN2O3S. The number of nitrogens with zero attached hydrogens (tertiary/aromatic N) is 2. The highest BCUT2D eigenvalue weighted by Gasteiger charge is 2.39. The molecule has 0 aromatic carbocycles. The summed E-state index contributed by atoms with van der Waals surface area (Å²) < 4.78 is 38.6. The van der Waals surface area contributed by atoms with Crippen molar-refractivity contribution in [3.8, 4) is 0 Å². The summed E-state index contributed by atoms with van der Waals surface area (Å²) in [6, 6.07) is 2.38. The van der Waals surface area contributed by atoms with Crippen LogP contribution in [0.15, 0.2) is 23.4 Å². The highest BCUT2D eigenvalue weighted by Crippen LogP contribution is 2.26. The van der Waals surface area contributed by atoms with Crippen molar-refractivity contribution in [2.75, 3.05) is 13.1 Å². The molecule has 1 aliphatic heterocycles. The van der Waals surface area contributed by atoms with Gasteiger partial charge in [-0.15, -0.1) is 0 Å². The molecule has 1 atom stereocenters. The molecule has 1 unspecified atom stereocenters. The van der Waals surface area contributed by atoms with E-state index in [1.807, 2.05) is 0 Å². The Bertz CT molecular complexity index is 530. The Hall–Kier alpha value is -1.05. The van der Waals surface area contributed by atoms with Crippen LogP contribution in [0.3, 0.4) is 0 Å². The number of β-amino-alcohol motifs (C(OH)–C–C–N with tert-alkyl or cyclic N) is 1. The molecule has 5 nitrogen and oxygen atoms in total. The van der Waals surface area contributed by atoms with Gasteiger partial charge < -0.3 is 5.11 Å². The van der Waals surface area contributed by atoms with Gasteiger partial charge in [0.25, 0.3) is 10.0 Å². The minimum absolute atomic E-state index is 0.0364. The average molecular weight is 260 g/mol. The van der Waals surface area contributed by atoms with Gasteiger partial charge in [-0.05, 0) is 25.5 Å². The third-order valence-electron chi connectivity index (χ3n) is 2.73. The molecule has 0 aliphatic carbocycles. The molecule has 1 saturated heterocycles. The van der Waals surface area contributed by atoms with Crippen LogP contribution in [0, 0.1) is 5.82 Å². The molecule has 1 aromatic heterocycles. The van der Waals surface area contributed by atoms with Crippen LogP contribution in [-0.4, -0.2) is 41.5 Å². The highest BCUT2D eigenvalue weighted by atomic mass is 32.2. The second-order valence-electron chi connectivity index (χ2n) is 4.38. The van der Waals surface area contributed by atoms with Crippen LogP contribution < -0.4 is 0 Å². The monoisotopic (exact) mass is 260 g/mol.